The van der Waals surface area contributed by atoms with E-state index in [0.29, 0.717) is 11.1 Å². The number of carbonyl (C=O) groups excluding carboxylic acids is 1. The number of rotatable bonds is 2. The van der Waals surface area contributed by atoms with Gasteiger partial charge in [0, 0.05) is 12.2 Å². The van der Waals surface area contributed by atoms with Crippen LogP contribution in [0.5, 0.6) is 0 Å². The predicted molar refractivity (Wildman–Crippen MR) is 83.6 cm³/mol. The normalized spacial score (nSPS) is 22.7. The van der Waals surface area contributed by atoms with E-state index in [1.807, 2.05) is 32.9 Å². The molecule has 21 heavy (non-hydrogen) atoms. The van der Waals surface area contributed by atoms with Crippen LogP contribution in [0.3, 0.4) is 0 Å². The number of alkyl carbamates (subject to hydrolysis) is 1. The molecule has 0 spiro atoms. The summed E-state index contributed by atoms with van der Waals surface area (Å²) in [6.45, 7) is 5.61. The van der Waals surface area contributed by atoms with Gasteiger partial charge in [-0.3, -0.25) is 0 Å². The first-order valence-electron chi connectivity index (χ1n) is 7.44. The third kappa shape index (κ3) is 5.20. The first-order valence-corrected chi connectivity index (χ1v) is 7.82. The van der Waals surface area contributed by atoms with E-state index in [2.05, 4.69) is 10.3 Å². The Morgan fingerprint density at radius 2 is 2.19 bits per heavy atom. The maximum atomic E-state index is 11.9. The molecule has 0 aliphatic heterocycles. The van der Waals surface area contributed by atoms with Gasteiger partial charge >= 0.3 is 6.09 Å². The SMILES string of the molecule is CC(C)(C)OC(=O)NC1CCCC(c2ccnc(Cl)c2)C1. The van der Waals surface area contributed by atoms with Crippen LogP contribution in [0.4, 0.5) is 4.79 Å². The average Bonchev–Trinajstić information content (AvgIpc) is 2.36. The predicted octanol–water partition coefficient (Wildman–Crippen LogP) is 4.29. The van der Waals surface area contributed by atoms with Gasteiger partial charge in [-0.1, -0.05) is 18.0 Å². The van der Waals surface area contributed by atoms with Crippen molar-refractivity contribution >= 4 is 17.7 Å². The first-order chi connectivity index (χ1) is 9.83. The van der Waals surface area contributed by atoms with Gasteiger partial charge in [0.2, 0.25) is 0 Å². The summed E-state index contributed by atoms with van der Waals surface area (Å²) < 4.78 is 5.32. The van der Waals surface area contributed by atoms with Gasteiger partial charge in [-0.2, -0.15) is 0 Å². The van der Waals surface area contributed by atoms with Gasteiger partial charge in [-0.15, -0.1) is 0 Å². The number of halogens is 1. The van der Waals surface area contributed by atoms with E-state index in [0.717, 1.165) is 25.7 Å². The Hall–Kier alpha value is -1.29. The topological polar surface area (TPSA) is 51.2 Å². The number of nitrogens with zero attached hydrogens (tertiary/aromatic N) is 1. The smallest absolute Gasteiger partial charge is 0.407 e. The van der Waals surface area contributed by atoms with Gasteiger partial charge < -0.3 is 10.1 Å². The van der Waals surface area contributed by atoms with Crippen LogP contribution >= 0.6 is 11.6 Å². The quantitative estimate of drug-likeness (QED) is 0.829. The molecular weight excluding hydrogens is 288 g/mol. The fourth-order valence-corrected chi connectivity index (χ4v) is 2.95. The number of hydrogen-bond donors (Lipinski definition) is 1. The highest BCUT2D eigenvalue weighted by Gasteiger charge is 2.26. The van der Waals surface area contributed by atoms with Crippen molar-refractivity contribution in [2.45, 2.75) is 64.0 Å². The maximum Gasteiger partial charge on any atom is 0.407 e. The van der Waals surface area contributed by atoms with Crippen molar-refractivity contribution in [2.75, 3.05) is 0 Å². The molecule has 1 aromatic heterocycles. The lowest BCUT2D eigenvalue weighted by atomic mass is 9.82. The lowest BCUT2D eigenvalue weighted by molar-refractivity contribution is 0.0490. The minimum Gasteiger partial charge on any atom is -0.444 e. The molecule has 1 saturated carbocycles. The molecule has 1 amide bonds. The van der Waals surface area contributed by atoms with Crippen molar-refractivity contribution in [3.05, 3.63) is 29.0 Å². The van der Waals surface area contributed by atoms with E-state index in [-0.39, 0.29) is 12.1 Å². The first kappa shape index (κ1) is 16.1. The summed E-state index contributed by atoms with van der Waals surface area (Å²) in [5.41, 5.74) is 0.738. The monoisotopic (exact) mass is 310 g/mol. The number of aromatic nitrogens is 1. The molecule has 4 nitrogen and oxygen atoms in total. The molecule has 2 atom stereocenters. The van der Waals surface area contributed by atoms with Crippen molar-refractivity contribution in [3.8, 4) is 0 Å². The summed E-state index contributed by atoms with van der Waals surface area (Å²) in [7, 11) is 0. The molecule has 1 N–H and O–H groups in total. The van der Waals surface area contributed by atoms with E-state index < -0.39 is 5.60 Å². The highest BCUT2D eigenvalue weighted by Crippen LogP contribution is 2.33. The van der Waals surface area contributed by atoms with E-state index in [9.17, 15) is 4.79 Å². The molecule has 0 radical (unpaired) electrons. The summed E-state index contributed by atoms with van der Waals surface area (Å²) in [5, 5.41) is 3.50. The third-order valence-electron chi connectivity index (χ3n) is 3.62. The minimum absolute atomic E-state index is 0.158. The number of nitrogens with one attached hydrogen (secondary N) is 1. The summed E-state index contributed by atoms with van der Waals surface area (Å²) in [6, 6.07) is 4.08. The van der Waals surface area contributed by atoms with Crippen molar-refractivity contribution in [1.82, 2.24) is 10.3 Å². The summed E-state index contributed by atoms with van der Waals surface area (Å²) in [5.74, 6) is 0.416. The second-order valence-electron chi connectivity index (χ2n) is 6.62. The van der Waals surface area contributed by atoms with Gasteiger partial charge in [0.05, 0.1) is 0 Å². The second kappa shape index (κ2) is 6.65. The molecule has 1 fully saturated rings. The molecule has 0 saturated heterocycles. The number of pyridine rings is 1. The molecule has 1 aliphatic rings. The highest BCUT2D eigenvalue weighted by molar-refractivity contribution is 6.29. The zero-order valence-electron chi connectivity index (χ0n) is 12.9. The molecule has 2 unspecified atom stereocenters. The second-order valence-corrected chi connectivity index (χ2v) is 7.01. The number of carbonyl (C=O) groups is 1. The van der Waals surface area contributed by atoms with Gasteiger partial charge in [-0.25, -0.2) is 9.78 Å². The molecule has 5 heteroatoms. The van der Waals surface area contributed by atoms with Gasteiger partial charge in [-0.05, 0) is 63.6 Å². The van der Waals surface area contributed by atoms with E-state index in [1.54, 1.807) is 6.20 Å². The van der Waals surface area contributed by atoms with E-state index in [1.165, 1.54) is 5.56 Å². The summed E-state index contributed by atoms with van der Waals surface area (Å²) in [6.07, 6.45) is 5.52. The fraction of sp³-hybridized carbons (Fsp3) is 0.625. The summed E-state index contributed by atoms with van der Waals surface area (Å²) >= 11 is 5.96. The molecule has 0 bridgehead atoms. The van der Waals surface area contributed by atoms with Gasteiger partial charge in [0.1, 0.15) is 10.8 Å². The van der Waals surface area contributed by atoms with Crippen molar-refractivity contribution in [2.24, 2.45) is 0 Å². The number of amides is 1. The summed E-state index contributed by atoms with van der Waals surface area (Å²) in [4.78, 5) is 15.9. The number of ether oxygens (including phenoxy) is 1. The lowest BCUT2D eigenvalue weighted by Crippen LogP contribution is -2.41. The standard InChI is InChI=1S/C16H23ClN2O2/c1-16(2,3)21-15(20)19-13-6-4-5-11(9-13)12-7-8-18-14(17)10-12/h7-8,10-11,13H,4-6,9H2,1-3H3,(H,19,20). The van der Waals surface area contributed by atoms with Crippen LogP contribution in [0, 0.1) is 0 Å². The van der Waals surface area contributed by atoms with E-state index in [4.69, 9.17) is 16.3 Å². The minimum atomic E-state index is -0.462. The molecule has 116 valence electrons. The van der Waals surface area contributed by atoms with Crippen LogP contribution in [0.1, 0.15) is 57.9 Å². The Balaban J connectivity index is 1.93. The zero-order valence-corrected chi connectivity index (χ0v) is 13.6. The molecule has 1 aromatic rings. The lowest BCUT2D eigenvalue weighted by Gasteiger charge is -2.31. The largest absolute Gasteiger partial charge is 0.444 e. The molecule has 2 rings (SSSR count). The number of hydrogen-bond acceptors (Lipinski definition) is 3. The highest BCUT2D eigenvalue weighted by atomic mass is 35.5. The van der Waals surface area contributed by atoms with Crippen molar-refractivity contribution in [1.29, 1.82) is 0 Å². The van der Waals surface area contributed by atoms with Crippen LogP contribution in [0.2, 0.25) is 5.15 Å². The Morgan fingerprint density at radius 1 is 1.43 bits per heavy atom. The van der Waals surface area contributed by atoms with Crippen LogP contribution < -0.4 is 5.32 Å². The molecule has 0 aromatic carbocycles. The molecular formula is C16H23ClN2O2. The van der Waals surface area contributed by atoms with Gasteiger partial charge in [0.25, 0.3) is 0 Å². The Morgan fingerprint density at radius 3 is 2.86 bits per heavy atom. The van der Waals surface area contributed by atoms with Crippen LogP contribution in [0.25, 0.3) is 0 Å². The fourth-order valence-electron chi connectivity index (χ4n) is 2.77. The maximum absolute atomic E-state index is 11.9. The Kier molecular flexibility index (Phi) is 5.09. The van der Waals surface area contributed by atoms with Gasteiger partial charge in [0.15, 0.2) is 0 Å². The zero-order chi connectivity index (χ0) is 15.5. The van der Waals surface area contributed by atoms with E-state index >= 15 is 0 Å². The average molecular weight is 311 g/mol. The van der Waals surface area contributed by atoms with Crippen LogP contribution in [0.15, 0.2) is 18.3 Å². The van der Waals surface area contributed by atoms with Crippen molar-refractivity contribution in [3.63, 3.8) is 0 Å². The Labute approximate surface area is 131 Å². The third-order valence-corrected chi connectivity index (χ3v) is 3.82. The van der Waals surface area contributed by atoms with Crippen LogP contribution in [-0.2, 0) is 4.74 Å². The van der Waals surface area contributed by atoms with Crippen LogP contribution in [-0.4, -0.2) is 22.7 Å². The molecule has 1 heterocycles. The Bertz CT molecular complexity index is 499. The molecule has 1 aliphatic carbocycles. The van der Waals surface area contributed by atoms with Crippen molar-refractivity contribution < 1.29 is 9.53 Å².